The van der Waals surface area contributed by atoms with Crippen LogP contribution in [0, 0.1) is 11.8 Å². The molecule has 0 saturated carbocycles. The van der Waals surface area contributed by atoms with Crippen LogP contribution in [0.3, 0.4) is 0 Å². The van der Waals surface area contributed by atoms with Gasteiger partial charge in [0.25, 0.3) is 0 Å². The van der Waals surface area contributed by atoms with Crippen LogP contribution in [0.15, 0.2) is 41.4 Å². The van der Waals surface area contributed by atoms with Crippen LogP contribution >= 0.6 is 11.3 Å². The summed E-state index contributed by atoms with van der Waals surface area (Å²) in [6, 6.07) is 5.86. The van der Waals surface area contributed by atoms with E-state index in [1.54, 1.807) is 23.7 Å². The highest BCUT2D eigenvalue weighted by atomic mass is 32.1. The van der Waals surface area contributed by atoms with Crippen molar-refractivity contribution in [1.82, 2.24) is 9.88 Å². The molecule has 210 valence electrons. The molecule has 2 aromatic rings. The van der Waals surface area contributed by atoms with Crippen LogP contribution in [0.1, 0.15) is 12.0 Å². The number of halogens is 6. The van der Waals surface area contributed by atoms with E-state index in [2.05, 4.69) is 32.0 Å². The Morgan fingerprint density at radius 3 is 2.21 bits per heavy atom. The Balaban J connectivity index is 0.000000301. The van der Waals surface area contributed by atoms with Crippen molar-refractivity contribution < 1.29 is 55.7 Å². The summed E-state index contributed by atoms with van der Waals surface area (Å²) in [5.74, 6) is -4.70. The van der Waals surface area contributed by atoms with Crippen LogP contribution in [0.5, 0.6) is 0 Å². The maximum atomic E-state index is 12.3. The molecule has 0 unspecified atom stereocenters. The maximum Gasteiger partial charge on any atom is 0.490 e. The molecule has 4 rings (SSSR count). The molecule has 0 spiro atoms. The quantitative estimate of drug-likeness (QED) is 0.462. The number of carboxylic acids is 2. The molecular formula is C22H23F6N3O6S. The number of aliphatic carboxylic acids is 2. The van der Waals surface area contributed by atoms with Gasteiger partial charge in [-0.2, -0.15) is 37.7 Å². The summed E-state index contributed by atoms with van der Waals surface area (Å²) in [5.41, 5.74) is 2.12. The second kappa shape index (κ2) is 13.5. The van der Waals surface area contributed by atoms with E-state index >= 15 is 0 Å². The Morgan fingerprint density at radius 2 is 1.71 bits per heavy atom. The molecule has 16 heteroatoms. The minimum Gasteiger partial charge on any atom is -0.475 e. The second-order valence-corrected chi connectivity index (χ2v) is 9.00. The molecule has 0 aromatic carbocycles. The third kappa shape index (κ3) is 10.3. The van der Waals surface area contributed by atoms with Gasteiger partial charge in [0.1, 0.15) is 0 Å². The number of amides is 1. The van der Waals surface area contributed by atoms with Crippen LogP contribution in [0.2, 0.25) is 0 Å². The SMILES string of the molecule is O=C(C[C@@H]1CO[C@@H]2CN(Cc3ccsc3)C[C@H]12)Nc1cccnc1.O=C(O)C(F)(F)F.O=C(O)C(F)(F)F. The van der Waals surface area contributed by atoms with Gasteiger partial charge in [0.05, 0.1) is 24.6 Å². The number of thiophene rings is 1. The largest absolute Gasteiger partial charge is 0.490 e. The van der Waals surface area contributed by atoms with Gasteiger partial charge in [-0.05, 0) is 40.4 Å². The number of carbonyl (C=O) groups excluding carboxylic acids is 1. The Labute approximate surface area is 216 Å². The first-order chi connectivity index (χ1) is 17.7. The maximum absolute atomic E-state index is 12.3. The van der Waals surface area contributed by atoms with Crippen molar-refractivity contribution in [3.63, 3.8) is 0 Å². The van der Waals surface area contributed by atoms with E-state index in [4.69, 9.17) is 24.5 Å². The Bertz CT molecular complexity index is 1030. The van der Waals surface area contributed by atoms with E-state index < -0.39 is 24.3 Å². The molecule has 0 bridgehead atoms. The number of alkyl halides is 6. The first-order valence-electron chi connectivity index (χ1n) is 10.8. The minimum absolute atomic E-state index is 0.0496. The Kier molecular flexibility index (Phi) is 11.0. The number of hydrogen-bond donors (Lipinski definition) is 3. The molecule has 2 fully saturated rings. The molecule has 2 aliphatic rings. The fraction of sp³-hybridized carbons (Fsp3) is 0.455. The summed E-state index contributed by atoms with van der Waals surface area (Å²) in [5, 5.41) is 21.5. The monoisotopic (exact) mass is 571 g/mol. The van der Waals surface area contributed by atoms with E-state index in [9.17, 15) is 31.1 Å². The molecule has 2 aliphatic heterocycles. The fourth-order valence-electron chi connectivity index (χ4n) is 3.75. The third-order valence-electron chi connectivity index (χ3n) is 5.38. The topological polar surface area (TPSA) is 129 Å². The molecule has 38 heavy (non-hydrogen) atoms. The number of carbonyl (C=O) groups is 3. The van der Waals surface area contributed by atoms with E-state index in [1.165, 1.54) is 5.56 Å². The van der Waals surface area contributed by atoms with E-state index in [0.29, 0.717) is 24.9 Å². The summed E-state index contributed by atoms with van der Waals surface area (Å²) in [6.45, 7) is 3.67. The zero-order valence-corrected chi connectivity index (χ0v) is 20.2. The van der Waals surface area contributed by atoms with Crippen molar-refractivity contribution in [1.29, 1.82) is 0 Å². The van der Waals surface area contributed by atoms with Gasteiger partial charge < -0.3 is 20.3 Å². The fourth-order valence-corrected chi connectivity index (χ4v) is 4.41. The molecule has 2 saturated heterocycles. The average Bonchev–Trinajstić information content (AvgIpc) is 3.54. The zero-order chi connectivity index (χ0) is 28.5. The Morgan fingerprint density at radius 1 is 1.08 bits per heavy atom. The highest BCUT2D eigenvalue weighted by Gasteiger charge is 2.44. The van der Waals surface area contributed by atoms with E-state index in [0.717, 1.165) is 25.3 Å². The number of rotatable bonds is 5. The number of hydrogen-bond acceptors (Lipinski definition) is 7. The van der Waals surface area contributed by atoms with Crippen molar-refractivity contribution in [2.24, 2.45) is 11.8 Å². The lowest BCUT2D eigenvalue weighted by atomic mass is 9.90. The smallest absolute Gasteiger partial charge is 0.475 e. The summed E-state index contributed by atoms with van der Waals surface area (Å²) in [6.07, 6.45) is -6.00. The average molecular weight is 571 g/mol. The van der Waals surface area contributed by atoms with Gasteiger partial charge in [0.2, 0.25) is 5.91 Å². The van der Waals surface area contributed by atoms with Crippen molar-refractivity contribution in [2.45, 2.75) is 31.4 Å². The van der Waals surface area contributed by atoms with Crippen LogP contribution < -0.4 is 5.32 Å². The number of nitrogens with one attached hydrogen (secondary N) is 1. The zero-order valence-electron chi connectivity index (χ0n) is 19.4. The standard InChI is InChI=1S/C18H21N3O2S.2C2HF3O2/c22-18(20-15-2-1-4-19-7-15)6-14-11-23-17-10-21(9-16(14)17)8-13-3-5-24-12-13;2*3-2(4,5)1(6)7/h1-5,7,12,14,16-17H,6,8-11H2,(H,20,22);2*(H,6,7)/t14-,16-,17-;;/m1../s1. The van der Waals surface area contributed by atoms with Crippen molar-refractivity contribution in [3.8, 4) is 0 Å². The molecule has 4 heterocycles. The van der Waals surface area contributed by atoms with Crippen molar-refractivity contribution in [3.05, 3.63) is 46.9 Å². The normalized spacial score (nSPS) is 20.8. The van der Waals surface area contributed by atoms with Gasteiger partial charge in [0, 0.05) is 38.2 Å². The van der Waals surface area contributed by atoms with Gasteiger partial charge >= 0.3 is 24.3 Å². The number of fused-ring (bicyclic) bond motifs is 1. The molecule has 9 nitrogen and oxygen atoms in total. The van der Waals surface area contributed by atoms with Crippen molar-refractivity contribution in [2.75, 3.05) is 25.0 Å². The summed E-state index contributed by atoms with van der Waals surface area (Å²) in [7, 11) is 0. The molecule has 1 amide bonds. The summed E-state index contributed by atoms with van der Waals surface area (Å²) >= 11 is 1.74. The lowest BCUT2D eigenvalue weighted by molar-refractivity contribution is -0.193. The highest BCUT2D eigenvalue weighted by molar-refractivity contribution is 7.07. The molecular weight excluding hydrogens is 548 g/mol. The van der Waals surface area contributed by atoms with Gasteiger partial charge in [-0.25, -0.2) is 9.59 Å². The number of ether oxygens (including phenoxy) is 1. The molecule has 3 atom stereocenters. The number of carboxylic acid groups (broad SMARTS) is 2. The number of aromatic nitrogens is 1. The van der Waals surface area contributed by atoms with Crippen molar-refractivity contribution >= 4 is 34.9 Å². The Hall–Kier alpha value is -3.24. The first kappa shape index (κ1) is 31.0. The highest BCUT2D eigenvalue weighted by Crippen LogP contribution is 2.36. The van der Waals surface area contributed by atoms with Gasteiger partial charge in [-0.15, -0.1) is 0 Å². The lowest BCUT2D eigenvalue weighted by Crippen LogP contribution is -2.26. The van der Waals surface area contributed by atoms with E-state index in [-0.39, 0.29) is 12.0 Å². The number of pyridine rings is 1. The van der Waals surface area contributed by atoms with Gasteiger partial charge in [0.15, 0.2) is 0 Å². The summed E-state index contributed by atoms with van der Waals surface area (Å²) < 4.78 is 69.4. The molecule has 2 aromatic heterocycles. The predicted octanol–water partition coefficient (Wildman–Crippen LogP) is 3.89. The summed E-state index contributed by atoms with van der Waals surface area (Å²) in [4.78, 5) is 36.5. The van der Waals surface area contributed by atoms with E-state index in [1.807, 2.05) is 12.1 Å². The number of anilines is 1. The molecule has 0 aliphatic carbocycles. The third-order valence-corrected chi connectivity index (χ3v) is 6.11. The van der Waals surface area contributed by atoms with Crippen LogP contribution in [0.4, 0.5) is 32.0 Å². The molecule has 0 radical (unpaired) electrons. The van der Waals surface area contributed by atoms with Gasteiger partial charge in [-0.1, -0.05) is 0 Å². The first-order valence-corrected chi connectivity index (χ1v) is 11.8. The number of nitrogens with zero attached hydrogens (tertiary/aromatic N) is 2. The molecule has 3 N–H and O–H groups in total. The minimum atomic E-state index is -5.08. The van der Waals surface area contributed by atoms with Crippen LogP contribution in [-0.2, 0) is 25.7 Å². The van der Waals surface area contributed by atoms with Crippen LogP contribution in [0.25, 0.3) is 0 Å². The second-order valence-electron chi connectivity index (χ2n) is 8.22. The van der Waals surface area contributed by atoms with Gasteiger partial charge in [-0.3, -0.25) is 14.7 Å². The lowest BCUT2D eigenvalue weighted by Gasteiger charge is -2.19. The van der Waals surface area contributed by atoms with Crippen LogP contribution in [-0.4, -0.2) is 76.1 Å². The number of likely N-dealkylation sites (tertiary alicyclic amines) is 1. The predicted molar refractivity (Wildman–Crippen MR) is 121 cm³/mol.